The second-order valence-corrected chi connectivity index (χ2v) is 6.22. The summed E-state index contributed by atoms with van der Waals surface area (Å²) in [5.74, 6) is 0.669. The van der Waals surface area contributed by atoms with Crippen molar-refractivity contribution in [3.05, 3.63) is 28.8 Å². The fraction of sp³-hybridized carbons (Fsp3) is 0.588. The van der Waals surface area contributed by atoms with Gasteiger partial charge in [0.1, 0.15) is 0 Å². The molecule has 0 spiro atoms. The largest absolute Gasteiger partial charge is 0.325 e. The lowest BCUT2D eigenvalue weighted by Crippen LogP contribution is -2.24. The number of nitrogens with one attached hydrogen (secondary N) is 1. The Kier molecular flexibility index (Phi) is 3.79. The Morgan fingerprint density at radius 2 is 2.05 bits per heavy atom. The number of hydrogen-bond donors (Lipinski definition) is 2. The standard InChI is InChI=1S/C17H24N2O/c1-2-11-8-13-10-15(20)19-17(13)14(9-11)16(18)12-6-4-3-5-7-12/h8-9,12,16H,2-7,10,18H2,1H3,(H,19,20). The van der Waals surface area contributed by atoms with Gasteiger partial charge in [-0.3, -0.25) is 4.79 Å². The highest BCUT2D eigenvalue weighted by Gasteiger charge is 2.28. The predicted octanol–water partition coefficient (Wildman–Crippen LogP) is 3.32. The summed E-state index contributed by atoms with van der Waals surface area (Å²) in [6, 6.07) is 4.43. The quantitative estimate of drug-likeness (QED) is 0.886. The van der Waals surface area contributed by atoms with E-state index in [1.54, 1.807) is 0 Å². The van der Waals surface area contributed by atoms with E-state index in [0.717, 1.165) is 23.2 Å². The first-order valence-corrected chi connectivity index (χ1v) is 7.90. The van der Waals surface area contributed by atoms with Crippen molar-refractivity contribution in [1.29, 1.82) is 0 Å². The molecule has 0 bridgehead atoms. The van der Waals surface area contributed by atoms with Gasteiger partial charge in [-0.25, -0.2) is 0 Å². The smallest absolute Gasteiger partial charge is 0.228 e. The summed E-state index contributed by atoms with van der Waals surface area (Å²) >= 11 is 0. The molecule has 0 aromatic heterocycles. The van der Waals surface area contributed by atoms with E-state index in [0.29, 0.717) is 12.3 Å². The van der Waals surface area contributed by atoms with E-state index in [-0.39, 0.29) is 11.9 Å². The predicted molar refractivity (Wildman–Crippen MR) is 81.7 cm³/mol. The van der Waals surface area contributed by atoms with Crippen molar-refractivity contribution in [2.24, 2.45) is 11.7 Å². The lowest BCUT2D eigenvalue weighted by atomic mass is 9.80. The van der Waals surface area contributed by atoms with E-state index < -0.39 is 0 Å². The third-order valence-electron chi connectivity index (χ3n) is 4.85. The van der Waals surface area contributed by atoms with E-state index >= 15 is 0 Å². The van der Waals surface area contributed by atoms with Crippen LogP contribution in [0.4, 0.5) is 5.69 Å². The number of benzene rings is 1. The van der Waals surface area contributed by atoms with Crippen LogP contribution in [-0.2, 0) is 17.6 Å². The van der Waals surface area contributed by atoms with Crippen LogP contribution in [0.2, 0.25) is 0 Å². The Morgan fingerprint density at radius 1 is 1.30 bits per heavy atom. The van der Waals surface area contributed by atoms with E-state index in [9.17, 15) is 4.79 Å². The van der Waals surface area contributed by atoms with E-state index in [1.807, 2.05) is 0 Å². The first kappa shape index (κ1) is 13.6. The van der Waals surface area contributed by atoms with Crippen LogP contribution in [0, 0.1) is 5.92 Å². The number of carbonyl (C=O) groups excluding carboxylic acids is 1. The lowest BCUT2D eigenvalue weighted by molar-refractivity contribution is -0.115. The monoisotopic (exact) mass is 272 g/mol. The van der Waals surface area contributed by atoms with Crippen LogP contribution in [0.25, 0.3) is 0 Å². The van der Waals surface area contributed by atoms with Crippen LogP contribution in [0.1, 0.15) is 61.8 Å². The van der Waals surface area contributed by atoms with Gasteiger partial charge in [-0.1, -0.05) is 38.3 Å². The molecule has 0 radical (unpaired) electrons. The number of aryl methyl sites for hydroxylation is 1. The van der Waals surface area contributed by atoms with Gasteiger partial charge in [0, 0.05) is 11.7 Å². The molecule has 1 aliphatic carbocycles. The highest BCUT2D eigenvalue weighted by atomic mass is 16.1. The molecule has 2 aliphatic rings. The van der Waals surface area contributed by atoms with Crippen molar-refractivity contribution >= 4 is 11.6 Å². The third kappa shape index (κ3) is 2.47. The van der Waals surface area contributed by atoms with Gasteiger partial charge in [-0.05, 0) is 41.9 Å². The molecule has 1 aromatic carbocycles. The zero-order chi connectivity index (χ0) is 14.1. The molecule has 1 atom stereocenters. The Labute approximate surface area is 120 Å². The van der Waals surface area contributed by atoms with Crippen LogP contribution in [-0.4, -0.2) is 5.91 Å². The van der Waals surface area contributed by atoms with Crippen LogP contribution >= 0.6 is 0 Å². The van der Waals surface area contributed by atoms with Gasteiger partial charge in [-0.2, -0.15) is 0 Å². The summed E-state index contributed by atoms with van der Waals surface area (Å²) in [7, 11) is 0. The van der Waals surface area contributed by atoms with Crippen LogP contribution < -0.4 is 11.1 Å². The maximum atomic E-state index is 11.7. The van der Waals surface area contributed by atoms with Gasteiger partial charge in [0.2, 0.25) is 5.91 Å². The first-order valence-electron chi connectivity index (χ1n) is 7.90. The van der Waals surface area contributed by atoms with Gasteiger partial charge in [0.05, 0.1) is 6.42 Å². The van der Waals surface area contributed by atoms with Gasteiger partial charge in [0.15, 0.2) is 0 Å². The second kappa shape index (κ2) is 5.57. The Hall–Kier alpha value is -1.35. The summed E-state index contributed by atoms with van der Waals surface area (Å²) in [5, 5.41) is 3.02. The number of carbonyl (C=O) groups is 1. The van der Waals surface area contributed by atoms with Crippen LogP contribution in [0.3, 0.4) is 0 Å². The van der Waals surface area contributed by atoms with E-state index in [2.05, 4.69) is 24.4 Å². The molecule has 20 heavy (non-hydrogen) atoms. The summed E-state index contributed by atoms with van der Waals surface area (Å²) in [6.45, 7) is 2.15. The van der Waals surface area contributed by atoms with E-state index in [1.165, 1.54) is 37.7 Å². The van der Waals surface area contributed by atoms with Crippen molar-refractivity contribution in [2.75, 3.05) is 5.32 Å². The van der Waals surface area contributed by atoms with Gasteiger partial charge in [0.25, 0.3) is 0 Å². The third-order valence-corrected chi connectivity index (χ3v) is 4.85. The molecule has 1 aromatic rings. The van der Waals surface area contributed by atoms with Crippen molar-refractivity contribution < 1.29 is 4.79 Å². The number of fused-ring (bicyclic) bond motifs is 1. The molecule has 108 valence electrons. The first-order chi connectivity index (χ1) is 9.69. The summed E-state index contributed by atoms with van der Waals surface area (Å²) in [4.78, 5) is 11.7. The number of anilines is 1. The number of amides is 1. The van der Waals surface area contributed by atoms with Gasteiger partial charge < -0.3 is 11.1 Å². The van der Waals surface area contributed by atoms with Crippen molar-refractivity contribution in [1.82, 2.24) is 0 Å². The second-order valence-electron chi connectivity index (χ2n) is 6.22. The van der Waals surface area contributed by atoms with Crippen LogP contribution in [0.15, 0.2) is 12.1 Å². The fourth-order valence-electron chi connectivity index (χ4n) is 3.66. The molecular formula is C17H24N2O. The molecular weight excluding hydrogens is 248 g/mol. The highest BCUT2D eigenvalue weighted by Crippen LogP contribution is 2.39. The zero-order valence-electron chi connectivity index (χ0n) is 12.2. The minimum atomic E-state index is 0.0638. The van der Waals surface area contributed by atoms with Crippen molar-refractivity contribution in [3.63, 3.8) is 0 Å². The maximum Gasteiger partial charge on any atom is 0.228 e. The van der Waals surface area contributed by atoms with Gasteiger partial charge in [-0.15, -0.1) is 0 Å². The van der Waals surface area contributed by atoms with Crippen LogP contribution in [0.5, 0.6) is 0 Å². The number of rotatable bonds is 3. The van der Waals surface area contributed by atoms with E-state index in [4.69, 9.17) is 5.73 Å². The molecule has 1 amide bonds. The minimum absolute atomic E-state index is 0.0638. The average Bonchev–Trinajstić information content (AvgIpc) is 2.86. The van der Waals surface area contributed by atoms with Gasteiger partial charge >= 0.3 is 0 Å². The average molecular weight is 272 g/mol. The van der Waals surface area contributed by atoms with Crippen molar-refractivity contribution in [2.45, 2.75) is 57.9 Å². The lowest BCUT2D eigenvalue weighted by Gasteiger charge is -2.29. The Morgan fingerprint density at radius 3 is 2.75 bits per heavy atom. The zero-order valence-corrected chi connectivity index (χ0v) is 12.2. The molecule has 1 unspecified atom stereocenters. The summed E-state index contributed by atoms with van der Waals surface area (Å²) in [5.41, 5.74) is 11.2. The Bertz CT molecular complexity index is 518. The molecule has 3 nitrogen and oxygen atoms in total. The SMILES string of the molecule is CCc1cc2c(c(C(N)C3CCCCC3)c1)NC(=O)C2. The molecule has 3 heteroatoms. The fourth-order valence-corrected chi connectivity index (χ4v) is 3.66. The summed E-state index contributed by atoms with van der Waals surface area (Å²) in [6.07, 6.45) is 7.87. The number of nitrogens with two attached hydrogens (primary N) is 1. The molecule has 1 fully saturated rings. The minimum Gasteiger partial charge on any atom is -0.325 e. The molecule has 1 saturated carbocycles. The molecule has 0 saturated heterocycles. The maximum absolute atomic E-state index is 11.7. The highest BCUT2D eigenvalue weighted by molar-refractivity contribution is 6.00. The molecule has 1 aliphatic heterocycles. The Balaban J connectivity index is 1.95. The number of hydrogen-bond acceptors (Lipinski definition) is 2. The topological polar surface area (TPSA) is 55.1 Å². The molecule has 1 heterocycles. The van der Waals surface area contributed by atoms with Crippen molar-refractivity contribution in [3.8, 4) is 0 Å². The summed E-state index contributed by atoms with van der Waals surface area (Å²) < 4.78 is 0. The molecule has 3 N–H and O–H groups in total. The molecule has 3 rings (SSSR count). The normalized spacial score (nSPS) is 20.6.